The van der Waals surface area contributed by atoms with Gasteiger partial charge in [-0.1, -0.05) is 24.3 Å². The normalized spacial score (nSPS) is 14.9. The van der Waals surface area contributed by atoms with Crippen LogP contribution in [0.15, 0.2) is 36.4 Å². The van der Waals surface area contributed by atoms with Crippen molar-refractivity contribution in [2.75, 3.05) is 25.5 Å². The van der Waals surface area contributed by atoms with Crippen molar-refractivity contribution in [1.29, 1.82) is 0 Å². The molecule has 3 nitrogen and oxygen atoms in total. The summed E-state index contributed by atoms with van der Waals surface area (Å²) in [5.74, 6) is 0.106. The summed E-state index contributed by atoms with van der Waals surface area (Å²) in [6.45, 7) is 1.53. The topological polar surface area (TPSA) is 32.3 Å². The van der Waals surface area contributed by atoms with Gasteiger partial charge >= 0.3 is 0 Å². The van der Waals surface area contributed by atoms with Gasteiger partial charge in [-0.3, -0.25) is 4.79 Å². The van der Waals surface area contributed by atoms with Crippen LogP contribution in [0.1, 0.15) is 16.8 Å². The highest BCUT2D eigenvalue weighted by molar-refractivity contribution is 5.99. The van der Waals surface area contributed by atoms with Crippen molar-refractivity contribution in [1.82, 2.24) is 4.90 Å². The van der Waals surface area contributed by atoms with E-state index in [-0.39, 0.29) is 5.91 Å². The van der Waals surface area contributed by atoms with Gasteiger partial charge in [0.25, 0.3) is 5.91 Å². The van der Waals surface area contributed by atoms with E-state index in [9.17, 15) is 4.79 Å². The fourth-order valence-corrected chi connectivity index (χ4v) is 1.88. The molecule has 0 radical (unpaired) electrons. The second kappa shape index (κ2) is 4.84. The lowest BCUT2D eigenvalue weighted by atomic mass is 10.1. The molecule has 0 saturated carbocycles. The van der Waals surface area contributed by atoms with E-state index < -0.39 is 0 Å². The molecule has 84 valence electrons. The van der Waals surface area contributed by atoms with Crippen molar-refractivity contribution in [3.05, 3.63) is 42.0 Å². The van der Waals surface area contributed by atoms with Crippen LogP contribution in [0.25, 0.3) is 0 Å². The second-order valence-corrected chi connectivity index (χ2v) is 3.81. The van der Waals surface area contributed by atoms with E-state index in [1.54, 1.807) is 0 Å². The number of carbonyl (C=O) groups is 1. The van der Waals surface area contributed by atoms with Crippen LogP contribution in [0.3, 0.4) is 0 Å². The molecule has 0 saturated heterocycles. The first kappa shape index (κ1) is 10.7. The van der Waals surface area contributed by atoms with Crippen LogP contribution in [0, 0.1) is 0 Å². The number of benzene rings is 1. The predicted octanol–water partition coefficient (Wildman–Crippen LogP) is 2.13. The Labute approximate surface area is 95.8 Å². The summed E-state index contributed by atoms with van der Waals surface area (Å²) >= 11 is 0. The maximum Gasteiger partial charge on any atom is 0.256 e. The lowest BCUT2D eigenvalue weighted by Crippen LogP contribution is -2.34. The Morgan fingerprint density at radius 2 is 2.12 bits per heavy atom. The summed E-state index contributed by atoms with van der Waals surface area (Å²) in [4.78, 5) is 14.1. The smallest absolute Gasteiger partial charge is 0.256 e. The molecule has 1 aromatic rings. The minimum atomic E-state index is 0.106. The van der Waals surface area contributed by atoms with Gasteiger partial charge in [0.1, 0.15) is 0 Å². The molecular weight excluding hydrogens is 200 g/mol. The van der Waals surface area contributed by atoms with Gasteiger partial charge in [-0.2, -0.15) is 0 Å². The van der Waals surface area contributed by atoms with Gasteiger partial charge in [0.15, 0.2) is 0 Å². The first-order valence-electron chi connectivity index (χ1n) is 5.54. The monoisotopic (exact) mass is 216 g/mol. The zero-order valence-electron chi connectivity index (χ0n) is 9.44. The molecular formula is C13H16N2O. The highest BCUT2D eigenvalue weighted by Crippen LogP contribution is 2.17. The molecule has 1 N–H and O–H groups in total. The number of nitrogens with zero attached hydrogens (tertiary/aromatic N) is 1. The van der Waals surface area contributed by atoms with Gasteiger partial charge in [-0.25, -0.2) is 0 Å². The van der Waals surface area contributed by atoms with Gasteiger partial charge in [-0.05, 0) is 18.6 Å². The van der Waals surface area contributed by atoms with E-state index in [0.29, 0.717) is 0 Å². The Morgan fingerprint density at radius 1 is 1.31 bits per heavy atom. The molecule has 1 amide bonds. The molecule has 1 aromatic carbocycles. The van der Waals surface area contributed by atoms with Crippen molar-refractivity contribution in [3.63, 3.8) is 0 Å². The summed E-state index contributed by atoms with van der Waals surface area (Å²) in [5.41, 5.74) is 1.64. The number of hydrogen-bond donors (Lipinski definition) is 1. The fourth-order valence-electron chi connectivity index (χ4n) is 1.88. The van der Waals surface area contributed by atoms with Crippen LogP contribution in [0.4, 0.5) is 5.69 Å². The molecule has 0 fully saturated rings. The van der Waals surface area contributed by atoms with Crippen LogP contribution < -0.4 is 5.32 Å². The molecule has 1 heterocycles. The van der Waals surface area contributed by atoms with Crippen molar-refractivity contribution in [2.24, 2.45) is 0 Å². The highest BCUT2D eigenvalue weighted by Gasteiger charge is 2.17. The zero-order valence-corrected chi connectivity index (χ0v) is 9.44. The quantitative estimate of drug-likeness (QED) is 0.768. The van der Waals surface area contributed by atoms with E-state index >= 15 is 0 Å². The second-order valence-electron chi connectivity index (χ2n) is 3.81. The van der Waals surface area contributed by atoms with Crippen molar-refractivity contribution < 1.29 is 4.79 Å². The minimum absolute atomic E-state index is 0.106. The molecule has 16 heavy (non-hydrogen) atoms. The Morgan fingerprint density at radius 3 is 2.81 bits per heavy atom. The predicted molar refractivity (Wildman–Crippen MR) is 65.6 cm³/mol. The number of hydrogen-bond acceptors (Lipinski definition) is 2. The van der Waals surface area contributed by atoms with Gasteiger partial charge in [0.05, 0.1) is 5.56 Å². The average Bonchev–Trinajstić information content (AvgIpc) is 2.39. The lowest BCUT2D eigenvalue weighted by Gasteiger charge is -2.24. The molecule has 0 atom stereocenters. The fraction of sp³-hybridized carbons (Fsp3) is 0.308. The molecule has 2 rings (SSSR count). The van der Waals surface area contributed by atoms with Crippen molar-refractivity contribution in [3.8, 4) is 0 Å². The van der Waals surface area contributed by atoms with Crippen LogP contribution in [0.2, 0.25) is 0 Å². The Bertz CT molecular complexity index is 412. The number of anilines is 1. The molecule has 3 heteroatoms. The summed E-state index contributed by atoms with van der Waals surface area (Å²) in [7, 11) is 1.84. The Kier molecular flexibility index (Phi) is 3.25. The first-order valence-corrected chi connectivity index (χ1v) is 5.54. The lowest BCUT2D eigenvalue weighted by molar-refractivity contribution is 0.0772. The van der Waals surface area contributed by atoms with E-state index in [2.05, 4.69) is 11.4 Å². The SMILES string of the molecule is CNc1ccccc1C(=O)N1CC=CCC1. The van der Waals surface area contributed by atoms with Gasteiger partial charge in [0, 0.05) is 25.8 Å². The number of rotatable bonds is 2. The van der Waals surface area contributed by atoms with Crippen LogP contribution in [-0.2, 0) is 0 Å². The summed E-state index contributed by atoms with van der Waals surface area (Å²) < 4.78 is 0. The summed E-state index contributed by atoms with van der Waals surface area (Å²) in [6, 6.07) is 7.62. The van der Waals surface area contributed by atoms with E-state index in [1.165, 1.54) is 0 Å². The number of nitrogens with one attached hydrogen (secondary N) is 1. The molecule has 1 aliphatic heterocycles. The van der Waals surface area contributed by atoms with Crippen LogP contribution in [-0.4, -0.2) is 30.9 Å². The molecule has 0 bridgehead atoms. The third kappa shape index (κ3) is 2.08. The first-order chi connectivity index (χ1) is 7.83. The van der Waals surface area contributed by atoms with Gasteiger partial charge in [0.2, 0.25) is 0 Å². The largest absolute Gasteiger partial charge is 0.387 e. The molecule has 0 aromatic heterocycles. The number of amides is 1. The third-order valence-electron chi connectivity index (χ3n) is 2.77. The average molecular weight is 216 g/mol. The number of carbonyl (C=O) groups excluding carboxylic acids is 1. The summed E-state index contributed by atoms with van der Waals surface area (Å²) in [6.07, 6.45) is 5.12. The molecule has 0 spiro atoms. The molecule has 1 aliphatic rings. The minimum Gasteiger partial charge on any atom is -0.387 e. The van der Waals surface area contributed by atoms with Gasteiger partial charge < -0.3 is 10.2 Å². The molecule has 0 aliphatic carbocycles. The maximum atomic E-state index is 12.2. The highest BCUT2D eigenvalue weighted by atomic mass is 16.2. The Balaban J connectivity index is 2.22. The van der Waals surface area contributed by atoms with E-state index in [4.69, 9.17) is 0 Å². The third-order valence-corrected chi connectivity index (χ3v) is 2.77. The van der Waals surface area contributed by atoms with E-state index in [0.717, 1.165) is 30.8 Å². The van der Waals surface area contributed by atoms with Gasteiger partial charge in [-0.15, -0.1) is 0 Å². The van der Waals surface area contributed by atoms with Crippen LogP contribution in [0.5, 0.6) is 0 Å². The Hall–Kier alpha value is -1.77. The van der Waals surface area contributed by atoms with Crippen molar-refractivity contribution in [2.45, 2.75) is 6.42 Å². The standard InChI is InChI=1S/C13H16N2O/c1-14-12-8-4-3-7-11(12)13(16)15-9-5-2-6-10-15/h2-5,7-8,14H,6,9-10H2,1H3. The number of para-hydroxylation sites is 1. The maximum absolute atomic E-state index is 12.2. The zero-order chi connectivity index (χ0) is 11.4. The van der Waals surface area contributed by atoms with Crippen molar-refractivity contribution >= 4 is 11.6 Å². The molecule has 0 unspecified atom stereocenters. The van der Waals surface area contributed by atoms with Crippen LogP contribution >= 0.6 is 0 Å². The summed E-state index contributed by atoms with van der Waals surface area (Å²) in [5, 5.41) is 3.05. The van der Waals surface area contributed by atoms with E-state index in [1.807, 2.05) is 42.3 Å².